The number of imide groups is 1. The minimum atomic E-state index is -1.17. The van der Waals surface area contributed by atoms with Gasteiger partial charge in [-0.15, -0.1) is 0 Å². The van der Waals surface area contributed by atoms with Crippen LogP contribution in [0.4, 0.5) is 11.4 Å². The molecule has 0 aromatic heterocycles. The normalized spacial score (nSPS) is 13.5. The number of benzene rings is 3. The highest BCUT2D eigenvalue weighted by Gasteiger charge is 2.33. The Morgan fingerprint density at radius 2 is 1.32 bits per heavy atom. The van der Waals surface area contributed by atoms with Crippen LogP contribution >= 0.6 is 0 Å². The van der Waals surface area contributed by atoms with E-state index < -0.39 is 5.97 Å². The Hall–Kier alpha value is -3.93. The average molecular weight is 414 g/mol. The Morgan fingerprint density at radius 3 is 1.81 bits per heavy atom. The molecule has 6 nitrogen and oxygen atoms in total. The molecule has 0 radical (unpaired) electrons. The van der Waals surface area contributed by atoms with E-state index >= 15 is 0 Å². The van der Waals surface area contributed by atoms with E-state index in [0.29, 0.717) is 13.1 Å². The summed E-state index contributed by atoms with van der Waals surface area (Å²) in [7, 11) is 0. The van der Waals surface area contributed by atoms with Gasteiger partial charge >= 0.3 is 5.97 Å². The summed E-state index contributed by atoms with van der Waals surface area (Å²) in [5, 5.41) is 9.64. The molecule has 1 fully saturated rings. The highest BCUT2D eigenvalue weighted by Crippen LogP contribution is 2.32. The van der Waals surface area contributed by atoms with E-state index in [1.54, 1.807) is 12.1 Å². The van der Waals surface area contributed by atoms with Crippen molar-refractivity contribution in [1.82, 2.24) is 0 Å². The number of nitrogens with zero attached hydrogens (tertiary/aromatic N) is 2. The Labute approximate surface area is 180 Å². The van der Waals surface area contributed by atoms with Gasteiger partial charge in [-0.2, -0.15) is 0 Å². The van der Waals surface area contributed by atoms with E-state index in [-0.39, 0.29) is 35.9 Å². The largest absolute Gasteiger partial charge is 0.478 e. The lowest BCUT2D eigenvalue weighted by Crippen LogP contribution is -2.31. The lowest BCUT2D eigenvalue weighted by atomic mass is 10.1. The van der Waals surface area contributed by atoms with Crippen molar-refractivity contribution < 1.29 is 19.5 Å². The van der Waals surface area contributed by atoms with Crippen molar-refractivity contribution in [3.05, 3.63) is 95.6 Å². The summed E-state index contributed by atoms with van der Waals surface area (Å²) in [6, 6.07) is 24.7. The van der Waals surface area contributed by atoms with Crippen LogP contribution in [0.2, 0.25) is 0 Å². The molecule has 3 aromatic rings. The third kappa shape index (κ3) is 4.48. The number of anilines is 2. The van der Waals surface area contributed by atoms with Crippen LogP contribution in [0, 0.1) is 0 Å². The van der Waals surface area contributed by atoms with Gasteiger partial charge in [-0.3, -0.25) is 9.59 Å². The van der Waals surface area contributed by atoms with Gasteiger partial charge in [-0.25, -0.2) is 9.69 Å². The molecule has 1 saturated heterocycles. The fourth-order valence-electron chi connectivity index (χ4n) is 3.77. The average Bonchev–Trinajstić information content (AvgIpc) is 3.12. The number of hydrogen-bond donors (Lipinski definition) is 1. The molecule has 2 amide bonds. The van der Waals surface area contributed by atoms with Gasteiger partial charge in [0.2, 0.25) is 11.8 Å². The van der Waals surface area contributed by atoms with Crippen molar-refractivity contribution in [3.8, 4) is 0 Å². The van der Waals surface area contributed by atoms with Crippen LogP contribution < -0.4 is 9.80 Å². The second kappa shape index (κ2) is 8.83. The zero-order valence-electron chi connectivity index (χ0n) is 16.9. The fourth-order valence-corrected chi connectivity index (χ4v) is 3.77. The lowest BCUT2D eigenvalue weighted by Gasteiger charge is -2.27. The fraction of sp³-hybridized carbons (Fsp3) is 0.160. The Morgan fingerprint density at radius 1 is 0.806 bits per heavy atom. The summed E-state index contributed by atoms with van der Waals surface area (Å²) in [5.74, 6) is -1.92. The molecule has 0 bridgehead atoms. The number of carboxylic acid groups (broad SMARTS) is 1. The zero-order chi connectivity index (χ0) is 21.8. The summed E-state index contributed by atoms with van der Waals surface area (Å²) >= 11 is 0. The molecule has 1 aliphatic heterocycles. The third-order valence-electron chi connectivity index (χ3n) is 5.30. The van der Waals surface area contributed by atoms with E-state index in [1.165, 1.54) is 6.07 Å². The maximum absolute atomic E-state index is 12.3. The summed E-state index contributed by atoms with van der Waals surface area (Å²) in [6.45, 7) is 1.17. The smallest absolute Gasteiger partial charge is 0.337 e. The molecule has 3 aromatic carbocycles. The summed E-state index contributed by atoms with van der Waals surface area (Å²) in [5.41, 5.74) is 2.99. The van der Waals surface area contributed by atoms with Gasteiger partial charge in [0.15, 0.2) is 0 Å². The first kappa shape index (κ1) is 20.3. The number of carboxylic acids is 1. The second-order valence-corrected chi connectivity index (χ2v) is 7.46. The van der Waals surface area contributed by atoms with Crippen LogP contribution in [-0.2, 0) is 22.7 Å². The molecule has 0 aliphatic carbocycles. The van der Waals surface area contributed by atoms with Crippen molar-refractivity contribution >= 4 is 29.2 Å². The molecule has 156 valence electrons. The highest BCUT2D eigenvalue weighted by molar-refractivity contribution is 6.22. The third-order valence-corrected chi connectivity index (χ3v) is 5.30. The van der Waals surface area contributed by atoms with Crippen LogP contribution in [-0.4, -0.2) is 22.9 Å². The van der Waals surface area contributed by atoms with Gasteiger partial charge in [-0.1, -0.05) is 60.7 Å². The van der Waals surface area contributed by atoms with Crippen LogP contribution in [0.5, 0.6) is 0 Å². The second-order valence-electron chi connectivity index (χ2n) is 7.46. The minimum Gasteiger partial charge on any atom is -0.478 e. The Kier molecular flexibility index (Phi) is 5.80. The van der Waals surface area contributed by atoms with Crippen molar-refractivity contribution in [2.24, 2.45) is 0 Å². The molecule has 0 unspecified atom stereocenters. The molecule has 1 aliphatic rings. The van der Waals surface area contributed by atoms with Gasteiger partial charge < -0.3 is 10.0 Å². The number of rotatable bonds is 7. The summed E-state index contributed by atoms with van der Waals surface area (Å²) in [4.78, 5) is 39.5. The quantitative estimate of drug-likeness (QED) is 0.585. The maximum atomic E-state index is 12.3. The first-order chi connectivity index (χ1) is 15.0. The number of carbonyl (C=O) groups is 3. The van der Waals surface area contributed by atoms with E-state index in [0.717, 1.165) is 21.7 Å². The van der Waals surface area contributed by atoms with Gasteiger partial charge in [0.1, 0.15) is 0 Å². The van der Waals surface area contributed by atoms with Gasteiger partial charge in [-0.05, 0) is 29.3 Å². The van der Waals surface area contributed by atoms with Crippen molar-refractivity contribution in [3.63, 3.8) is 0 Å². The molecule has 31 heavy (non-hydrogen) atoms. The van der Waals surface area contributed by atoms with Crippen LogP contribution in [0.25, 0.3) is 0 Å². The highest BCUT2D eigenvalue weighted by atomic mass is 16.4. The summed E-state index contributed by atoms with van der Waals surface area (Å²) < 4.78 is 0. The SMILES string of the molecule is O=C(O)c1ccc(N(Cc2ccccc2)Cc2ccccc2)cc1N1C(=O)CCC1=O. The topological polar surface area (TPSA) is 77.9 Å². The number of aromatic carboxylic acids is 1. The predicted octanol–water partition coefficient (Wildman–Crippen LogP) is 4.25. The van der Waals surface area contributed by atoms with Crippen LogP contribution in [0.1, 0.15) is 34.3 Å². The van der Waals surface area contributed by atoms with Crippen molar-refractivity contribution in [2.45, 2.75) is 25.9 Å². The van der Waals surface area contributed by atoms with E-state index in [1.807, 2.05) is 60.7 Å². The molecule has 4 rings (SSSR count). The minimum absolute atomic E-state index is 0.0632. The van der Waals surface area contributed by atoms with Gasteiger partial charge in [0.25, 0.3) is 0 Å². The van der Waals surface area contributed by atoms with Gasteiger partial charge in [0.05, 0.1) is 11.3 Å². The Bertz CT molecular complexity index is 1060. The molecule has 1 N–H and O–H groups in total. The van der Waals surface area contributed by atoms with E-state index in [9.17, 15) is 19.5 Å². The van der Waals surface area contributed by atoms with E-state index in [2.05, 4.69) is 4.90 Å². The van der Waals surface area contributed by atoms with E-state index in [4.69, 9.17) is 0 Å². The Balaban J connectivity index is 1.76. The predicted molar refractivity (Wildman–Crippen MR) is 118 cm³/mol. The first-order valence-electron chi connectivity index (χ1n) is 10.1. The molecule has 0 atom stereocenters. The number of carbonyl (C=O) groups excluding carboxylic acids is 2. The summed E-state index contributed by atoms with van der Waals surface area (Å²) in [6.07, 6.45) is 0.194. The van der Waals surface area contributed by atoms with Crippen LogP contribution in [0.15, 0.2) is 78.9 Å². The molecular formula is C25H22N2O4. The molecule has 0 spiro atoms. The number of amides is 2. The number of hydrogen-bond acceptors (Lipinski definition) is 4. The zero-order valence-corrected chi connectivity index (χ0v) is 16.9. The van der Waals surface area contributed by atoms with Crippen molar-refractivity contribution in [1.29, 1.82) is 0 Å². The molecule has 6 heteroatoms. The monoisotopic (exact) mass is 414 g/mol. The van der Waals surface area contributed by atoms with Crippen LogP contribution in [0.3, 0.4) is 0 Å². The molecular weight excluding hydrogens is 392 g/mol. The van der Waals surface area contributed by atoms with Gasteiger partial charge in [0, 0.05) is 31.6 Å². The van der Waals surface area contributed by atoms with Crippen molar-refractivity contribution in [2.75, 3.05) is 9.80 Å². The standard InChI is InChI=1S/C25H22N2O4/c28-23-13-14-24(29)27(23)22-15-20(11-12-21(22)25(30)31)26(16-18-7-3-1-4-8-18)17-19-9-5-2-6-10-19/h1-12,15H,13-14,16-17H2,(H,30,31). The molecule has 1 heterocycles. The maximum Gasteiger partial charge on any atom is 0.337 e. The first-order valence-corrected chi connectivity index (χ1v) is 10.1. The molecule has 0 saturated carbocycles. The lowest BCUT2D eigenvalue weighted by molar-refractivity contribution is -0.121.